The number of likely N-dealkylation sites (tertiary alicyclic amines) is 1. The van der Waals surface area contributed by atoms with Gasteiger partial charge in [-0.25, -0.2) is 8.78 Å². The van der Waals surface area contributed by atoms with Gasteiger partial charge in [-0.3, -0.25) is 4.79 Å². The van der Waals surface area contributed by atoms with Gasteiger partial charge in [0.2, 0.25) is 5.91 Å². The van der Waals surface area contributed by atoms with E-state index in [2.05, 4.69) is 0 Å². The molecule has 1 rings (SSSR count). The summed E-state index contributed by atoms with van der Waals surface area (Å²) in [6.45, 7) is -0.191. The summed E-state index contributed by atoms with van der Waals surface area (Å²) in [5, 5.41) is 8.21. The largest absolute Gasteiger partial charge is 0.336 e. The number of nitriles is 1. The van der Waals surface area contributed by atoms with Crippen molar-refractivity contribution in [1.82, 2.24) is 4.90 Å². The number of carbonyl (C=O) groups excluding carboxylic acids is 1. The van der Waals surface area contributed by atoms with Crippen molar-refractivity contribution in [3.63, 3.8) is 0 Å². The normalized spacial score (nSPS) is 20.8. The molecular weight excluding hydrogens is 178 g/mol. The fourth-order valence-corrected chi connectivity index (χ4v) is 1.36. The van der Waals surface area contributed by atoms with Gasteiger partial charge in [0, 0.05) is 13.0 Å². The zero-order valence-electron chi connectivity index (χ0n) is 7.09. The van der Waals surface area contributed by atoms with E-state index in [-0.39, 0.29) is 12.8 Å². The van der Waals surface area contributed by atoms with Gasteiger partial charge in [-0.2, -0.15) is 5.26 Å². The molecule has 0 aliphatic carbocycles. The molecule has 1 aliphatic heterocycles. The SMILES string of the molecule is N#CCC(=O)N1CCCC(F)(F)C1. The predicted octanol–water partition coefficient (Wildman–Crippen LogP) is 1.16. The first-order chi connectivity index (χ1) is 6.05. The standard InChI is InChI=1S/C8H10F2N2O/c9-8(10)3-1-5-12(6-8)7(13)2-4-11/h1-3,5-6H2. The molecule has 72 valence electrons. The summed E-state index contributed by atoms with van der Waals surface area (Å²) < 4.78 is 25.6. The summed E-state index contributed by atoms with van der Waals surface area (Å²) in [6.07, 6.45) is -0.163. The molecule has 0 bridgehead atoms. The third-order valence-corrected chi connectivity index (χ3v) is 1.98. The van der Waals surface area contributed by atoms with E-state index in [0.717, 1.165) is 4.90 Å². The fraction of sp³-hybridized carbons (Fsp3) is 0.750. The third-order valence-electron chi connectivity index (χ3n) is 1.98. The minimum atomic E-state index is -2.77. The molecule has 1 saturated heterocycles. The molecule has 1 aliphatic rings. The molecule has 0 aromatic carbocycles. The van der Waals surface area contributed by atoms with E-state index in [1.165, 1.54) is 0 Å². The number of rotatable bonds is 1. The monoisotopic (exact) mass is 188 g/mol. The van der Waals surface area contributed by atoms with Crippen LogP contribution in [-0.2, 0) is 4.79 Å². The van der Waals surface area contributed by atoms with Crippen molar-refractivity contribution in [1.29, 1.82) is 5.26 Å². The quantitative estimate of drug-likeness (QED) is 0.619. The van der Waals surface area contributed by atoms with Crippen LogP contribution in [0.25, 0.3) is 0 Å². The van der Waals surface area contributed by atoms with Gasteiger partial charge in [0.05, 0.1) is 12.6 Å². The Morgan fingerprint density at radius 3 is 2.85 bits per heavy atom. The first kappa shape index (κ1) is 9.90. The van der Waals surface area contributed by atoms with E-state index in [4.69, 9.17) is 5.26 Å². The molecule has 0 N–H and O–H groups in total. The van der Waals surface area contributed by atoms with Crippen LogP contribution in [0, 0.1) is 11.3 Å². The molecule has 13 heavy (non-hydrogen) atoms. The van der Waals surface area contributed by atoms with E-state index in [1.807, 2.05) is 0 Å². The molecule has 1 amide bonds. The highest BCUT2D eigenvalue weighted by Crippen LogP contribution is 2.26. The lowest BCUT2D eigenvalue weighted by Crippen LogP contribution is -2.45. The van der Waals surface area contributed by atoms with E-state index in [0.29, 0.717) is 13.0 Å². The van der Waals surface area contributed by atoms with E-state index in [1.54, 1.807) is 6.07 Å². The van der Waals surface area contributed by atoms with Gasteiger partial charge in [-0.1, -0.05) is 0 Å². The van der Waals surface area contributed by atoms with Crippen molar-refractivity contribution in [2.75, 3.05) is 13.1 Å². The third kappa shape index (κ3) is 2.65. The summed E-state index contributed by atoms with van der Waals surface area (Å²) in [6, 6.07) is 1.66. The van der Waals surface area contributed by atoms with Crippen LogP contribution in [0.3, 0.4) is 0 Å². The van der Waals surface area contributed by atoms with Gasteiger partial charge in [0.25, 0.3) is 5.92 Å². The maximum absolute atomic E-state index is 12.8. The topological polar surface area (TPSA) is 44.1 Å². The van der Waals surface area contributed by atoms with Crippen LogP contribution in [0.15, 0.2) is 0 Å². The summed E-state index contributed by atoms with van der Waals surface area (Å²) in [4.78, 5) is 12.1. The van der Waals surface area contributed by atoms with Crippen LogP contribution < -0.4 is 0 Å². The number of hydrogen-bond acceptors (Lipinski definition) is 2. The molecule has 1 fully saturated rings. The predicted molar refractivity (Wildman–Crippen MR) is 41.0 cm³/mol. The Labute approximate surface area is 74.9 Å². The van der Waals surface area contributed by atoms with Crippen molar-refractivity contribution in [2.45, 2.75) is 25.2 Å². The van der Waals surface area contributed by atoms with E-state index in [9.17, 15) is 13.6 Å². The van der Waals surface area contributed by atoms with Gasteiger partial charge < -0.3 is 4.90 Å². The Hall–Kier alpha value is -1.18. The Morgan fingerprint density at radius 1 is 1.62 bits per heavy atom. The number of alkyl halides is 2. The summed E-state index contributed by atoms with van der Waals surface area (Å²) in [7, 11) is 0. The number of halogens is 2. The zero-order valence-corrected chi connectivity index (χ0v) is 7.09. The van der Waals surface area contributed by atoms with Crippen LogP contribution in [0.2, 0.25) is 0 Å². The van der Waals surface area contributed by atoms with Gasteiger partial charge >= 0.3 is 0 Å². The summed E-state index contributed by atoms with van der Waals surface area (Å²) in [5.41, 5.74) is 0. The molecule has 0 radical (unpaired) electrons. The molecule has 0 saturated carbocycles. The molecule has 0 spiro atoms. The van der Waals surface area contributed by atoms with Crippen LogP contribution in [0.4, 0.5) is 8.78 Å². The van der Waals surface area contributed by atoms with E-state index >= 15 is 0 Å². The maximum Gasteiger partial charge on any atom is 0.265 e. The molecule has 0 aromatic heterocycles. The molecule has 0 atom stereocenters. The number of piperidine rings is 1. The average Bonchev–Trinajstić information content (AvgIpc) is 2.03. The van der Waals surface area contributed by atoms with Crippen LogP contribution in [0.1, 0.15) is 19.3 Å². The van der Waals surface area contributed by atoms with Crippen LogP contribution in [-0.4, -0.2) is 29.8 Å². The second-order valence-electron chi connectivity index (χ2n) is 3.11. The first-order valence-corrected chi connectivity index (χ1v) is 4.08. The van der Waals surface area contributed by atoms with Crippen molar-refractivity contribution in [3.05, 3.63) is 0 Å². The summed E-state index contributed by atoms with van der Waals surface area (Å²) in [5.74, 6) is -3.27. The smallest absolute Gasteiger partial charge is 0.265 e. The highest BCUT2D eigenvalue weighted by atomic mass is 19.3. The number of amides is 1. The minimum Gasteiger partial charge on any atom is -0.336 e. The molecule has 5 heteroatoms. The molecular formula is C8H10F2N2O. The van der Waals surface area contributed by atoms with Crippen LogP contribution >= 0.6 is 0 Å². The second-order valence-corrected chi connectivity index (χ2v) is 3.11. The average molecular weight is 188 g/mol. The van der Waals surface area contributed by atoms with Gasteiger partial charge in [0.15, 0.2) is 0 Å². The van der Waals surface area contributed by atoms with Gasteiger partial charge in [0.1, 0.15) is 6.42 Å². The Kier molecular flexibility index (Phi) is 2.81. The lowest BCUT2D eigenvalue weighted by molar-refractivity contribution is -0.140. The van der Waals surface area contributed by atoms with Crippen molar-refractivity contribution >= 4 is 5.91 Å². The molecule has 3 nitrogen and oxygen atoms in total. The number of carbonyl (C=O) groups is 1. The Morgan fingerprint density at radius 2 is 2.31 bits per heavy atom. The second kappa shape index (κ2) is 3.69. The van der Waals surface area contributed by atoms with Crippen LogP contribution in [0.5, 0.6) is 0 Å². The highest BCUT2D eigenvalue weighted by molar-refractivity contribution is 5.78. The molecule has 0 unspecified atom stereocenters. The number of nitrogens with zero attached hydrogens (tertiary/aromatic N) is 2. The summed E-state index contributed by atoms with van der Waals surface area (Å²) >= 11 is 0. The first-order valence-electron chi connectivity index (χ1n) is 4.08. The Bertz CT molecular complexity index is 247. The molecule has 1 heterocycles. The van der Waals surface area contributed by atoms with Gasteiger partial charge in [-0.05, 0) is 6.42 Å². The maximum atomic E-state index is 12.8. The zero-order chi connectivity index (χ0) is 9.90. The van der Waals surface area contributed by atoms with Crippen molar-refractivity contribution < 1.29 is 13.6 Å². The highest BCUT2D eigenvalue weighted by Gasteiger charge is 2.36. The van der Waals surface area contributed by atoms with Crippen molar-refractivity contribution in [3.8, 4) is 6.07 Å². The Balaban J connectivity index is 2.53. The van der Waals surface area contributed by atoms with E-state index < -0.39 is 18.4 Å². The fourth-order valence-electron chi connectivity index (χ4n) is 1.36. The molecule has 0 aromatic rings. The van der Waals surface area contributed by atoms with Crippen molar-refractivity contribution in [2.24, 2.45) is 0 Å². The lowest BCUT2D eigenvalue weighted by Gasteiger charge is -2.31. The lowest BCUT2D eigenvalue weighted by atomic mass is 10.1. The number of hydrogen-bond donors (Lipinski definition) is 0. The van der Waals surface area contributed by atoms with Gasteiger partial charge in [-0.15, -0.1) is 0 Å². The minimum absolute atomic E-state index is 0.163.